The summed E-state index contributed by atoms with van der Waals surface area (Å²) >= 11 is 2.00. The van der Waals surface area contributed by atoms with Gasteiger partial charge in [-0.1, -0.05) is 26.8 Å². The Morgan fingerprint density at radius 1 is 1.19 bits per heavy atom. The molecule has 4 heteroatoms. The van der Waals surface area contributed by atoms with Gasteiger partial charge in [-0.25, -0.2) is 0 Å². The van der Waals surface area contributed by atoms with Crippen LogP contribution in [0.5, 0.6) is 11.5 Å². The Balaban J connectivity index is 2.74. The first-order valence-corrected chi connectivity index (χ1v) is 8.80. The molecular weight excluding hydrogens is 282 g/mol. The number of benzene rings is 1. The van der Waals surface area contributed by atoms with E-state index in [4.69, 9.17) is 9.47 Å². The molecule has 0 saturated heterocycles. The lowest BCUT2D eigenvalue weighted by Gasteiger charge is -2.21. The minimum Gasteiger partial charge on any atom is -0.497 e. The molecule has 1 atom stereocenters. The van der Waals surface area contributed by atoms with Crippen LogP contribution in [0.4, 0.5) is 0 Å². The summed E-state index contributed by atoms with van der Waals surface area (Å²) in [5.41, 5.74) is 1.21. The van der Waals surface area contributed by atoms with E-state index in [1.165, 1.54) is 17.7 Å². The average molecular weight is 311 g/mol. The summed E-state index contributed by atoms with van der Waals surface area (Å²) in [6, 6.07) is 6.38. The van der Waals surface area contributed by atoms with E-state index < -0.39 is 0 Å². The predicted octanol–water partition coefficient (Wildman–Crippen LogP) is 4.13. The molecule has 21 heavy (non-hydrogen) atoms. The number of ether oxygens (including phenoxy) is 2. The molecule has 1 aromatic rings. The second-order valence-electron chi connectivity index (χ2n) is 5.48. The fourth-order valence-electron chi connectivity index (χ4n) is 2.13. The van der Waals surface area contributed by atoms with E-state index in [0.29, 0.717) is 6.04 Å². The third-order valence-corrected chi connectivity index (χ3v) is 4.48. The molecule has 1 rings (SSSR count). The molecule has 0 aliphatic carbocycles. The lowest BCUT2D eigenvalue weighted by Crippen LogP contribution is -2.23. The van der Waals surface area contributed by atoms with Crippen LogP contribution in [0.3, 0.4) is 0 Å². The van der Waals surface area contributed by atoms with E-state index in [1.807, 2.05) is 23.9 Å². The Labute approximate surface area is 133 Å². The fraction of sp³-hybridized carbons (Fsp3) is 0.647. The van der Waals surface area contributed by atoms with Crippen molar-refractivity contribution in [3.05, 3.63) is 23.8 Å². The SMILES string of the molecule is CCNC(CSCCC(C)C)c1ccc(OC)cc1OC. The Kier molecular flexibility index (Phi) is 8.62. The predicted molar refractivity (Wildman–Crippen MR) is 92.7 cm³/mol. The van der Waals surface area contributed by atoms with E-state index in [1.54, 1.807) is 14.2 Å². The Morgan fingerprint density at radius 3 is 2.52 bits per heavy atom. The molecule has 0 aromatic heterocycles. The number of hydrogen-bond donors (Lipinski definition) is 1. The molecule has 1 N–H and O–H groups in total. The van der Waals surface area contributed by atoms with Gasteiger partial charge in [-0.3, -0.25) is 0 Å². The van der Waals surface area contributed by atoms with Gasteiger partial charge in [0, 0.05) is 23.4 Å². The maximum absolute atomic E-state index is 5.53. The molecule has 0 spiro atoms. The van der Waals surface area contributed by atoms with Crippen LogP contribution >= 0.6 is 11.8 Å². The van der Waals surface area contributed by atoms with Gasteiger partial charge in [0.2, 0.25) is 0 Å². The van der Waals surface area contributed by atoms with E-state index >= 15 is 0 Å². The van der Waals surface area contributed by atoms with Gasteiger partial charge in [-0.05, 0) is 30.7 Å². The minimum absolute atomic E-state index is 0.313. The summed E-state index contributed by atoms with van der Waals surface area (Å²) in [6.45, 7) is 7.63. The van der Waals surface area contributed by atoms with Crippen LogP contribution in [-0.4, -0.2) is 32.3 Å². The Morgan fingerprint density at radius 2 is 1.95 bits per heavy atom. The van der Waals surface area contributed by atoms with Gasteiger partial charge in [0.1, 0.15) is 11.5 Å². The maximum atomic E-state index is 5.53. The lowest BCUT2D eigenvalue weighted by atomic mass is 10.1. The van der Waals surface area contributed by atoms with Crippen molar-refractivity contribution in [1.29, 1.82) is 0 Å². The number of rotatable bonds is 10. The summed E-state index contributed by atoms with van der Waals surface area (Å²) in [5.74, 6) is 4.76. The summed E-state index contributed by atoms with van der Waals surface area (Å²) in [5, 5.41) is 3.56. The Bertz CT molecular complexity index is 410. The average Bonchev–Trinajstić information content (AvgIpc) is 2.49. The standard InChI is InChI=1S/C17H29NO2S/c1-6-18-16(12-21-10-9-13(2)3)15-8-7-14(19-4)11-17(15)20-5/h7-8,11,13,16,18H,6,9-10,12H2,1-5H3. The zero-order valence-corrected chi connectivity index (χ0v) is 14.8. The number of methoxy groups -OCH3 is 2. The van der Waals surface area contributed by atoms with Crippen molar-refractivity contribution >= 4 is 11.8 Å². The molecule has 0 aliphatic rings. The highest BCUT2D eigenvalue weighted by Crippen LogP contribution is 2.31. The largest absolute Gasteiger partial charge is 0.497 e. The van der Waals surface area contributed by atoms with Crippen molar-refractivity contribution in [3.8, 4) is 11.5 Å². The van der Waals surface area contributed by atoms with Crippen molar-refractivity contribution in [1.82, 2.24) is 5.32 Å². The third-order valence-electron chi connectivity index (χ3n) is 3.39. The topological polar surface area (TPSA) is 30.5 Å². The molecule has 0 aliphatic heterocycles. The van der Waals surface area contributed by atoms with Crippen molar-refractivity contribution in [2.75, 3.05) is 32.3 Å². The molecule has 0 bridgehead atoms. The van der Waals surface area contributed by atoms with Crippen molar-refractivity contribution in [2.45, 2.75) is 33.2 Å². The van der Waals surface area contributed by atoms with Crippen LogP contribution in [0.2, 0.25) is 0 Å². The summed E-state index contributed by atoms with van der Waals surface area (Å²) in [4.78, 5) is 0. The highest BCUT2D eigenvalue weighted by atomic mass is 32.2. The monoisotopic (exact) mass is 311 g/mol. The second kappa shape index (κ2) is 9.96. The highest BCUT2D eigenvalue weighted by Gasteiger charge is 2.16. The van der Waals surface area contributed by atoms with Gasteiger partial charge in [-0.15, -0.1) is 0 Å². The molecular formula is C17H29NO2S. The zero-order valence-electron chi connectivity index (χ0n) is 13.9. The fourth-order valence-corrected chi connectivity index (χ4v) is 3.47. The van der Waals surface area contributed by atoms with Gasteiger partial charge < -0.3 is 14.8 Å². The van der Waals surface area contributed by atoms with Crippen LogP contribution < -0.4 is 14.8 Å². The van der Waals surface area contributed by atoms with Crippen LogP contribution in [0.15, 0.2) is 18.2 Å². The Hall–Kier alpha value is -0.870. The van der Waals surface area contributed by atoms with Crippen LogP contribution in [0.1, 0.15) is 38.8 Å². The molecule has 120 valence electrons. The summed E-state index contributed by atoms with van der Waals surface area (Å²) < 4.78 is 10.8. The van der Waals surface area contributed by atoms with Crippen molar-refractivity contribution in [3.63, 3.8) is 0 Å². The molecule has 0 saturated carbocycles. The number of thioether (sulfide) groups is 1. The van der Waals surface area contributed by atoms with E-state index in [0.717, 1.165) is 29.7 Å². The zero-order chi connectivity index (χ0) is 15.7. The maximum Gasteiger partial charge on any atom is 0.127 e. The van der Waals surface area contributed by atoms with Crippen LogP contribution in [-0.2, 0) is 0 Å². The quantitative estimate of drug-likeness (QED) is 0.658. The first-order chi connectivity index (χ1) is 10.1. The first kappa shape index (κ1) is 18.2. The number of hydrogen-bond acceptors (Lipinski definition) is 4. The first-order valence-electron chi connectivity index (χ1n) is 7.65. The van der Waals surface area contributed by atoms with Gasteiger partial charge in [0.05, 0.1) is 14.2 Å². The second-order valence-corrected chi connectivity index (χ2v) is 6.63. The smallest absolute Gasteiger partial charge is 0.127 e. The molecule has 1 unspecified atom stereocenters. The summed E-state index contributed by atoms with van der Waals surface area (Å²) in [6.07, 6.45) is 1.27. The van der Waals surface area contributed by atoms with Crippen LogP contribution in [0.25, 0.3) is 0 Å². The van der Waals surface area contributed by atoms with Crippen LogP contribution in [0, 0.1) is 5.92 Å². The van der Waals surface area contributed by atoms with Gasteiger partial charge in [-0.2, -0.15) is 11.8 Å². The third kappa shape index (κ3) is 6.18. The highest BCUT2D eigenvalue weighted by molar-refractivity contribution is 7.99. The minimum atomic E-state index is 0.313. The van der Waals surface area contributed by atoms with Crippen molar-refractivity contribution in [2.24, 2.45) is 5.92 Å². The van der Waals surface area contributed by atoms with E-state index in [9.17, 15) is 0 Å². The summed E-state index contributed by atoms with van der Waals surface area (Å²) in [7, 11) is 3.39. The molecule has 0 fully saturated rings. The lowest BCUT2D eigenvalue weighted by molar-refractivity contribution is 0.386. The van der Waals surface area contributed by atoms with Gasteiger partial charge in [0.25, 0.3) is 0 Å². The van der Waals surface area contributed by atoms with Crippen molar-refractivity contribution < 1.29 is 9.47 Å². The molecule has 3 nitrogen and oxygen atoms in total. The normalized spacial score (nSPS) is 12.5. The molecule has 0 heterocycles. The van der Waals surface area contributed by atoms with Gasteiger partial charge >= 0.3 is 0 Å². The molecule has 1 aromatic carbocycles. The molecule has 0 radical (unpaired) electrons. The molecule has 0 amide bonds. The van der Waals surface area contributed by atoms with E-state index in [2.05, 4.69) is 32.2 Å². The van der Waals surface area contributed by atoms with Gasteiger partial charge in [0.15, 0.2) is 0 Å². The van der Waals surface area contributed by atoms with E-state index in [-0.39, 0.29) is 0 Å². The number of nitrogens with one attached hydrogen (secondary N) is 1.